The van der Waals surface area contributed by atoms with Gasteiger partial charge in [-0.25, -0.2) is 0 Å². The molecular formula is C56H71N3O6. The lowest BCUT2D eigenvalue weighted by atomic mass is 9.85. The van der Waals surface area contributed by atoms with E-state index in [4.69, 9.17) is 28.9 Å². The Labute approximate surface area is 388 Å². The number of aryl methyl sites for hydroxylation is 2. The van der Waals surface area contributed by atoms with E-state index in [0.717, 1.165) is 56.1 Å². The van der Waals surface area contributed by atoms with Crippen LogP contribution in [0.5, 0.6) is 23.0 Å². The topological polar surface area (TPSA) is 109 Å². The molecule has 0 spiro atoms. The molecule has 0 saturated heterocycles. The molecule has 3 atom stereocenters. The predicted octanol–water partition coefficient (Wildman–Crippen LogP) is 13.8. The molecule has 0 N–H and O–H groups in total. The van der Waals surface area contributed by atoms with E-state index in [2.05, 4.69) is 88.1 Å². The molecule has 0 amide bonds. The molecule has 1 aromatic heterocycles. The third-order valence-electron chi connectivity index (χ3n) is 11.8. The number of aliphatic imine (C=N–C) groups is 2. The van der Waals surface area contributed by atoms with Crippen molar-refractivity contribution in [3.8, 4) is 23.0 Å². The van der Waals surface area contributed by atoms with Gasteiger partial charge in [0.25, 0.3) is 0 Å². The van der Waals surface area contributed by atoms with Crippen molar-refractivity contribution in [3.63, 3.8) is 0 Å². The van der Waals surface area contributed by atoms with E-state index in [1.54, 1.807) is 50.9 Å². The summed E-state index contributed by atoms with van der Waals surface area (Å²) in [5.41, 5.74) is 8.95. The Hall–Kier alpha value is -6.09. The van der Waals surface area contributed by atoms with Crippen molar-refractivity contribution < 1.29 is 28.5 Å². The summed E-state index contributed by atoms with van der Waals surface area (Å²) >= 11 is 0. The molecule has 0 aliphatic rings. The first-order chi connectivity index (χ1) is 31.5. The summed E-state index contributed by atoms with van der Waals surface area (Å²) in [4.78, 5) is 40.0. The van der Waals surface area contributed by atoms with Gasteiger partial charge in [0.15, 0.2) is 34.6 Å². The largest absolute Gasteiger partial charge is 0.493 e. The van der Waals surface area contributed by atoms with Crippen molar-refractivity contribution in [3.05, 3.63) is 136 Å². The van der Waals surface area contributed by atoms with Crippen LogP contribution in [-0.4, -0.2) is 43.2 Å². The number of methoxy groups -OCH3 is 2. The zero-order valence-electron chi connectivity index (χ0n) is 40.7. The minimum atomic E-state index is -0.110. The van der Waals surface area contributed by atoms with Crippen LogP contribution in [-0.2, 0) is 38.9 Å². The number of pyridine rings is 1. The summed E-state index contributed by atoms with van der Waals surface area (Å²) in [7, 11) is 3.12. The molecule has 5 aromatic rings. The highest BCUT2D eigenvalue weighted by atomic mass is 16.5. The van der Waals surface area contributed by atoms with Crippen LogP contribution in [0.3, 0.4) is 0 Å². The van der Waals surface area contributed by atoms with Crippen molar-refractivity contribution in [1.82, 2.24) is 4.98 Å². The predicted molar refractivity (Wildman–Crippen MR) is 267 cm³/mol. The Morgan fingerprint density at radius 1 is 0.631 bits per heavy atom. The van der Waals surface area contributed by atoms with Gasteiger partial charge in [0, 0.05) is 65.1 Å². The first kappa shape index (κ1) is 51.5. The zero-order valence-corrected chi connectivity index (χ0v) is 40.7. The number of Topliss-reactive ketones (excluding diaryl/α,β-unsaturated/α-hetero) is 2. The van der Waals surface area contributed by atoms with E-state index >= 15 is 0 Å². The normalized spacial score (nSPS) is 12.6. The smallest absolute Gasteiger partial charge is 0.163 e. The summed E-state index contributed by atoms with van der Waals surface area (Å²) < 4.78 is 24.1. The van der Waals surface area contributed by atoms with Crippen LogP contribution in [0.25, 0.3) is 0 Å². The Kier molecular flexibility index (Phi) is 21.1. The fourth-order valence-electron chi connectivity index (χ4n) is 7.85. The minimum Gasteiger partial charge on any atom is -0.493 e. The number of hydrogen-bond donors (Lipinski definition) is 0. The van der Waals surface area contributed by atoms with Gasteiger partial charge in [-0.05, 0) is 98.2 Å². The Bertz CT molecular complexity index is 2370. The molecule has 0 radical (unpaired) electrons. The zero-order chi connectivity index (χ0) is 47.3. The Balaban J connectivity index is 0.00000456. The second-order valence-electron chi connectivity index (χ2n) is 16.2. The third-order valence-corrected chi connectivity index (χ3v) is 11.8. The van der Waals surface area contributed by atoms with E-state index in [1.807, 2.05) is 32.3 Å². The number of hydrogen-bond acceptors (Lipinski definition) is 9. The number of carbonyl (C=O) groups excluding carboxylic acids is 2. The monoisotopic (exact) mass is 882 g/mol. The average molecular weight is 882 g/mol. The Morgan fingerprint density at radius 2 is 1.09 bits per heavy atom. The lowest BCUT2D eigenvalue weighted by Crippen LogP contribution is -2.16. The number of ketones is 2. The van der Waals surface area contributed by atoms with Crippen molar-refractivity contribution in [1.29, 1.82) is 0 Å². The van der Waals surface area contributed by atoms with Gasteiger partial charge in [0.1, 0.15) is 13.2 Å². The van der Waals surface area contributed by atoms with Crippen LogP contribution in [0.1, 0.15) is 136 Å². The fraction of sp³-hybridized carbons (Fsp3) is 0.411. The summed E-state index contributed by atoms with van der Waals surface area (Å²) in [6, 6.07) is 26.1. The highest BCUT2D eigenvalue weighted by molar-refractivity contribution is 6.01. The molecule has 0 aliphatic heterocycles. The summed E-state index contributed by atoms with van der Waals surface area (Å²) in [5.74, 6) is 2.36. The van der Waals surface area contributed by atoms with E-state index in [9.17, 15) is 9.59 Å². The average Bonchev–Trinajstić information content (AvgIpc) is 3.33. The van der Waals surface area contributed by atoms with Crippen molar-refractivity contribution in [2.24, 2.45) is 27.7 Å². The second kappa shape index (κ2) is 26.6. The first-order valence-electron chi connectivity index (χ1n) is 23.4. The molecule has 65 heavy (non-hydrogen) atoms. The molecule has 9 nitrogen and oxygen atoms in total. The molecule has 0 fully saturated rings. The number of carbonyl (C=O) groups is 2. The molecule has 346 valence electrons. The van der Waals surface area contributed by atoms with Crippen LogP contribution in [0.15, 0.2) is 101 Å². The highest BCUT2D eigenvalue weighted by Crippen LogP contribution is 2.38. The number of benzene rings is 4. The van der Waals surface area contributed by atoms with Gasteiger partial charge in [-0.15, -0.1) is 0 Å². The minimum absolute atomic E-state index is 0.109. The number of aromatic nitrogens is 1. The molecule has 0 aliphatic carbocycles. The van der Waals surface area contributed by atoms with Gasteiger partial charge >= 0.3 is 0 Å². The Morgan fingerprint density at radius 3 is 1.52 bits per heavy atom. The van der Waals surface area contributed by atoms with Gasteiger partial charge in [-0.2, -0.15) is 0 Å². The maximum absolute atomic E-state index is 12.9. The highest BCUT2D eigenvalue weighted by Gasteiger charge is 2.20. The maximum Gasteiger partial charge on any atom is 0.163 e. The quantitative estimate of drug-likeness (QED) is 0.0448. The van der Waals surface area contributed by atoms with Gasteiger partial charge in [0.05, 0.1) is 25.6 Å². The van der Waals surface area contributed by atoms with Crippen molar-refractivity contribution >= 4 is 35.4 Å². The lowest BCUT2D eigenvalue weighted by molar-refractivity contribution is 0.100. The fourth-order valence-corrected chi connectivity index (χ4v) is 7.85. The lowest BCUT2D eigenvalue weighted by Gasteiger charge is -2.21. The van der Waals surface area contributed by atoms with Crippen molar-refractivity contribution in [2.75, 3.05) is 14.2 Å². The number of nitrogens with zero attached hydrogens (tertiary/aromatic N) is 3. The molecule has 5 rings (SSSR count). The summed E-state index contributed by atoms with van der Waals surface area (Å²) in [6.45, 7) is 18.4. The van der Waals surface area contributed by atoms with Crippen molar-refractivity contribution in [2.45, 2.75) is 120 Å². The van der Waals surface area contributed by atoms with Crippen LogP contribution < -0.4 is 18.9 Å². The summed E-state index contributed by atoms with van der Waals surface area (Å²) in [5, 5.41) is 0. The van der Waals surface area contributed by atoms with Gasteiger partial charge in [-0.3, -0.25) is 24.6 Å². The summed E-state index contributed by atoms with van der Waals surface area (Å²) in [6.07, 6.45) is 14.1. The van der Waals surface area contributed by atoms with E-state index in [0.29, 0.717) is 51.4 Å². The maximum atomic E-state index is 12.9. The van der Waals surface area contributed by atoms with Gasteiger partial charge in [-0.1, -0.05) is 110 Å². The first-order valence-corrected chi connectivity index (χ1v) is 23.4. The molecule has 0 bridgehead atoms. The second-order valence-corrected chi connectivity index (χ2v) is 16.2. The van der Waals surface area contributed by atoms with E-state index in [-0.39, 0.29) is 36.6 Å². The van der Waals surface area contributed by atoms with Crippen LogP contribution in [0.4, 0.5) is 11.4 Å². The van der Waals surface area contributed by atoms with Gasteiger partial charge < -0.3 is 18.9 Å². The SMILES string of the molecule is CC.CCCC(C=Nc1cc(OCc2cncc(COc3cc(N=CC(Cc4ccccc4CC)C(C)CC)c(C(C)=O)cc3OC)c2)c(OC)cc1C(C)=O)Cc1ccccc1CC. The molecule has 4 aromatic carbocycles. The number of rotatable bonds is 24. The van der Waals surface area contributed by atoms with Crippen LogP contribution >= 0.6 is 0 Å². The molecule has 9 heteroatoms. The van der Waals surface area contributed by atoms with Crippen LogP contribution in [0, 0.1) is 17.8 Å². The standard InChI is InChI=1S/C54H65N3O6.C2H6/c1-10-18-39(24-44-21-16-14-19-42(44)12-3)32-56-49-28-53(51(60-8)26-47(49)37(6)58)62-34-40-23-41(31-55-30-40)35-63-54-29-50(48(38(7)59)27-52(54)61-9)57-33-46(36(5)11-2)25-45-22-17-15-20-43(45)13-4;1-2/h14-17,19-23,26-33,36,39,46H,10-13,18,24-25,34-35H2,1-9H3;1-2H3. The van der Waals surface area contributed by atoms with E-state index < -0.39 is 0 Å². The van der Waals surface area contributed by atoms with Gasteiger partial charge in [0.2, 0.25) is 0 Å². The molecule has 0 saturated carbocycles. The number of ether oxygens (including phenoxy) is 4. The molecular weight excluding hydrogens is 811 g/mol. The van der Waals surface area contributed by atoms with E-state index in [1.165, 1.54) is 36.1 Å². The van der Waals surface area contributed by atoms with Crippen LogP contribution in [0.2, 0.25) is 0 Å². The third kappa shape index (κ3) is 14.7. The molecule has 1 heterocycles. The molecule has 3 unspecified atom stereocenters.